The van der Waals surface area contributed by atoms with Crippen LogP contribution in [0.4, 0.5) is 0 Å². The summed E-state index contributed by atoms with van der Waals surface area (Å²) >= 11 is 0. The summed E-state index contributed by atoms with van der Waals surface area (Å²) in [5, 5.41) is 3.33. The number of hydrogen-bond acceptors (Lipinski definition) is 5. The molecular weight excluding hydrogens is 478 g/mol. The Hall–Kier alpha value is -4.26. The molecule has 0 bridgehead atoms. The number of esters is 1. The van der Waals surface area contributed by atoms with Crippen LogP contribution in [0, 0.1) is 5.92 Å². The molecule has 0 saturated heterocycles. The molecule has 2 aliphatic rings. The van der Waals surface area contributed by atoms with Crippen LogP contribution < -0.4 is 10.7 Å². The molecule has 192 valence electrons. The molecule has 1 N–H and O–H groups in total. The van der Waals surface area contributed by atoms with Crippen molar-refractivity contribution in [1.29, 1.82) is 0 Å². The molecule has 2 atom stereocenters. The number of rotatable bonds is 7. The first-order valence-electron chi connectivity index (χ1n) is 13.1. The van der Waals surface area contributed by atoms with E-state index in [9.17, 15) is 14.4 Å². The van der Waals surface area contributed by atoms with Gasteiger partial charge in [0.1, 0.15) is 11.2 Å². The monoisotopic (exact) mass is 507 g/mol. The topological polar surface area (TPSA) is 90.3 Å². The van der Waals surface area contributed by atoms with Crippen molar-refractivity contribution >= 4 is 22.9 Å². The number of amides is 1. The Morgan fingerprint density at radius 2 is 1.82 bits per heavy atom. The smallest absolute Gasteiger partial charge is 0.309 e. The van der Waals surface area contributed by atoms with Crippen LogP contribution in [-0.2, 0) is 9.53 Å². The minimum absolute atomic E-state index is 0.0564. The van der Waals surface area contributed by atoms with Crippen LogP contribution in [0.1, 0.15) is 54.9 Å². The number of ether oxygens (including phenoxy) is 1. The molecule has 7 heteroatoms. The van der Waals surface area contributed by atoms with Crippen molar-refractivity contribution in [2.45, 2.75) is 51.2 Å². The summed E-state index contributed by atoms with van der Waals surface area (Å²) < 4.78 is 7.18. The van der Waals surface area contributed by atoms with E-state index in [0.717, 1.165) is 41.6 Å². The van der Waals surface area contributed by atoms with Crippen LogP contribution in [0.5, 0.6) is 0 Å². The van der Waals surface area contributed by atoms with E-state index in [2.05, 4.69) is 34.6 Å². The molecule has 6 rings (SSSR count). The van der Waals surface area contributed by atoms with Crippen molar-refractivity contribution in [3.8, 4) is 16.8 Å². The van der Waals surface area contributed by atoms with E-state index in [4.69, 9.17) is 4.74 Å². The van der Waals surface area contributed by atoms with E-state index in [0.29, 0.717) is 11.0 Å². The van der Waals surface area contributed by atoms with Crippen molar-refractivity contribution in [1.82, 2.24) is 14.9 Å². The van der Waals surface area contributed by atoms with E-state index in [-0.39, 0.29) is 46.9 Å². The third kappa shape index (κ3) is 4.72. The number of pyridine rings is 2. The molecule has 0 radical (unpaired) electrons. The minimum atomic E-state index is -0.348. The molecule has 2 aromatic carbocycles. The molecule has 7 nitrogen and oxygen atoms in total. The second-order valence-electron chi connectivity index (χ2n) is 10.5. The largest absolute Gasteiger partial charge is 0.463 e. The average molecular weight is 508 g/mol. The summed E-state index contributed by atoms with van der Waals surface area (Å²) in [6.45, 7) is 3.74. The lowest BCUT2D eigenvalue weighted by atomic mass is 10.0. The maximum Gasteiger partial charge on any atom is 0.309 e. The summed E-state index contributed by atoms with van der Waals surface area (Å²) in [7, 11) is 0. The van der Waals surface area contributed by atoms with Crippen molar-refractivity contribution in [2.24, 2.45) is 5.92 Å². The SMILES string of the molecule is CC(C)OC(=O)[C@@H]1C[C@H]1c1ccc(-c2cccc(-n3cc(C(=O)NC4CC4)c(=O)c4cccnc43)c2)cc1. The third-order valence-corrected chi connectivity index (χ3v) is 7.16. The van der Waals surface area contributed by atoms with Crippen LogP contribution in [-0.4, -0.2) is 33.6 Å². The maximum absolute atomic E-state index is 13.1. The van der Waals surface area contributed by atoms with Crippen molar-refractivity contribution in [3.05, 3.63) is 94.4 Å². The average Bonchev–Trinajstić information content (AvgIpc) is 3.85. The lowest BCUT2D eigenvalue weighted by molar-refractivity contribution is -0.149. The van der Waals surface area contributed by atoms with Gasteiger partial charge in [0.15, 0.2) is 0 Å². The summed E-state index contributed by atoms with van der Waals surface area (Å²) in [5.41, 5.74) is 4.26. The molecule has 38 heavy (non-hydrogen) atoms. The second kappa shape index (κ2) is 9.56. The number of benzene rings is 2. The molecule has 2 saturated carbocycles. The van der Waals surface area contributed by atoms with Gasteiger partial charge in [-0.1, -0.05) is 36.4 Å². The van der Waals surface area contributed by atoms with Gasteiger partial charge in [0.2, 0.25) is 5.43 Å². The normalized spacial score (nSPS) is 18.4. The van der Waals surface area contributed by atoms with Gasteiger partial charge in [-0.3, -0.25) is 14.4 Å². The zero-order valence-corrected chi connectivity index (χ0v) is 21.4. The van der Waals surface area contributed by atoms with Gasteiger partial charge in [-0.15, -0.1) is 0 Å². The number of fused-ring (bicyclic) bond motifs is 1. The van der Waals surface area contributed by atoms with E-state index in [1.165, 1.54) is 0 Å². The number of aromatic nitrogens is 2. The van der Waals surface area contributed by atoms with Gasteiger partial charge in [0.05, 0.1) is 17.4 Å². The van der Waals surface area contributed by atoms with Crippen LogP contribution in [0.25, 0.3) is 27.8 Å². The summed E-state index contributed by atoms with van der Waals surface area (Å²) in [5.74, 6) is -0.312. The van der Waals surface area contributed by atoms with Crippen LogP contribution in [0.2, 0.25) is 0 Å². The van der Waals surface area contributed by atoms with Crippen molar-refractivity contribution in [2.75, 3.05) is 0 Å². The van der Waals surface area contributed by atoms with Crippen LogP contribution in [0.15, 0.2) is 77.9 Å². The van der Waals surface area contributed by atoms with Crippen LogP contribution in [0.3, 0.4) is 0 Å². The Morgan fingerprint density at radius 1 is 1.03 bits per heavy atom. The van der Waals surface area contributed by atoms with Crippen LogP contribution >= 0.6 is 0 Å². The molecule has 4 aromatic rings. The number of carbonyl (C=O) groups is 2. The molecule has 0 aliphatic heterocycles. The van der Waals surface area contributed by atoms with E-state index >= 15 is 0 Å². The molecule has 2 fully saturated rings. The first-order valence-corrected chi connectivity index (χ1v) is 13.1. The fourth-order valence-electron chi connectivity index (χ4n) is 4.91. The third-order valence-electron chi connectivity index (χ3n) is 7.16. The zero-order chi connectivity index (χ0) is 26.4. The van der Waals surface area contributed by atoms with Gasteiger partial charge in [0, 0.05) is 24.1 Å². The lowest BCUT2D eigenvalue weighted by Gasteiger charge is -2.14. The van der Waals surface area contributed by atoms with E-state index < -0.39 is 0 Å². The van der Waals surface area contributed by atoms with Gasteiger partial charge in [0.25, 0.3) is 5.91 Å². The second-order valence-corrected chi connectivity index (χ2v) is 10.5. The van der Waals surface area contributed by atoms with Crippen molar-refractivity contribution in [3.63, 3.8) is 0 Å². The number of hydrogen-bond donors (Lipinski definition) is 1. The standard InChI is InChI=1S/C31H29N3O4/c1-18(2)38-31(37)26-16-25(26)20-10-8-19(9-11-20)21-5-3-6-23(15-21)34-17-27(30(36)33-22-12-13-22)28(35)24-7-4-14-32-29(24)34/h3-11,14-15,17-18,22,25-26H,12-13,16H2,1-2H3,(H,33,36)/t25-,26+/m0/s1. The molecule has 2 aromatic heterocycles. The zero-order valence-electron chi connectivity index (χ0n) is 21.4. The highest BCUT2D eigenvalue weighted by molar-refractivity contribution is 5.97. The Balaban J connectivity index is 1.31. The maximum atomic E-state index is 13.1. The fraction of sp³-hybridized carbons (Fsp3) is 0.290. The number of carbonyl (C=O) groups excluding carboxylic acids is 2. The summed E-state index contributed by atoms with van der Waals surface area (Å²) in [6.07, 6.45) is 5.85. The Kier molecular flexibility index (Phi) is 6.06. The van der Waals surface area contributed by atoms with Crippen molar-refractivity contribution < 1.29 is 14.3 Å². The molecular formula is C31H29N3O4. The first kappa shape index (κ1) is 24.1. The van der Waals surface area contributed by atoms with Gasteiger partial charge < -0.3 is 14.6 Å². The minimum Gasteiger partial charge on any atom is -0.463 e. The quantitative estimate of drug-likeness (QED) is 0.356. The van der Waals surface area contributed by atoms with Gasteiger partial charge in [-0.05, 0) is 80.0 Å². The predicted octanol–water partition coefficient (Wildman–Crippen LogP) is 5.00. The van der Waals surface area contributed by atoms with E-state index in [1.807, 2.05) is 42.7 Å². The Morgan fingerprint density at radius 3 is 2.55 bits per heavy atom. The predicted molar refractivity (Wildman–Crippen MR) is 145 cm³/mol. The number of nitrogens with one attached hydrogen (secondary N) is 1. The molecule has 0 spiro atoms. The summed E-state index contributed by atoms with van der Waals surface area (Å²) in [4.78, 5) is 42.7. The molecule has 1 amide bonds. The molecule has 2 aliphatic carbocycles. The first-order chi connectivity index (χ1) is 18.4. The van der Waals surface area contributed by atoms with E-state index in [1.54, 1.807) is 24.5 Å². The molecule has 0 unspecified atom stereocenters. The highest BCUT2D eigenvalue weighted by Gasteiger charge is 2.45. The highest BCUT2D eigenvalue weighted by atomic mass is 16.5. The summed E-state index contributed by atoms with van der Waals surface area (Å²) in [6, 6.07) is 19.8. The molecule has 2 heterocycles. The number of nitrogens with zero attached hydrogens (tertiary/aromatic N) is 2. The lowest BCUT2D eigenvalue weighted by Crippen LogP contribution is -2.31. The van der Waals surface area contributed by atoms with Gasteiger partial charge in [-0.25, -0.2) is 4.98 Å². The Bertz CT molecular complexity index is 1600. The highest BCUT2D eigenvalue weighted by Crippen LogP contribution is 2.48. The Labute approximate surface area is 220 Å². The fourth-order valence-corrected chi connectivity index (χ4v) is 4.91. The van der Waals surface area contributed by atoms with Gasteiger partial charge in [-0.2, -0.15) is 0 Å². The van der Waals surface area contributed by atoms with Gasteiger partial charge >= 0.3 is 5.97 Å².